The summed E-state index contributed by atoms with van der Waals surface area (Å²) in [6.07, 6.45) is 5.57. The lowest BCUT2D eigenvalue weighted by molar-refractivity contribution is 0.188. The summed E-state index contributed by atoms with van der Waals surface area (Å²) < 4.78 is 38.1. The zero-order valence-corrected chi connectivity index (χ0v) is 24.9. The highest BCUT2D eigenvalue weighted by Crippen LogP contribution is 2.39. The number of aliphatic hydroxyl groups excluding tert-OH is 1. The predicted octanol–water partition coefficient (Wildman–Crippen LogP) is 6.44. The molecule has 3 aromatic rings. The van der Waals surface area contributed by atoms with E-state index in [-0.39, 0.29) is 33.7 Å². The lowest BCUT2D eigenvalue weighted by Crippen LogP contribution is -2.51. The lowest BCUT2D eigenvalue weighted by Gasteiger charge is -2.34. The first kappa shape index (κ1) is 28.8. The number of aromatic nitrogens is 2. The third-order valence-corrected chi connectivity index (χ3v) is 9.14. The number of fused-ring (bicyclic) bond motifs is 3. The second kappa shape index (κ2) is 11.8. The number of halogens is 3. The van der Waals surface area contributed by atoms with Gasteiger partial charge in [-0.1, -0.05) is 35.9 Å². The first-order chi connectivity index (χ1) is 20.2. The maximum Gasteiger partial charge on any atom is 0.319 e. The van der Waals surface area contributed by atoms with Crippen molar-refractivity contribution in [1.82, 2.24) is 20.2 Å². The van der Waals surface area contributed by atoms with Crippen LogP contribution in [0.4, 0.5) is 14.6 Å². The first-order valence-corrected chi connectivity index (χ1v) is 14.9. The number of likely N-dealkylation sites (N-methyl/N-ethyl adjacent to an activating group) is 1. The van der Waals surface area contributed by atoms with Crippen molar-refractivity contribution in [2.45, 2.75) is 57.7 Å². The number of rotatable bonds is 7. The van der Waals surface area contributed by atoms with Crippen molar-refractivity contribution in [2.24, 2.45) is 0 Å². The number of nitrogens with one attached hydrogen (secondary N) is 1. The summed E-state index contributed by atoms with van der Waals surface area (Å²) in [5.41, 5.74) is 1.25. The van der Waals surface area contributed by atoms with Crippen LogP contribution in [0.5, 0.6) is 6.01 Å². The van der Waals surface area contributed by atoms with Crippen LogP contribution in [-0.2, 0) is 0 Å². The molecular weight excluding hydrogens is 560 g/mol. The molecular formula is C32H36ClF2N5O2. The molecule has 3 aliphatic rings. The number of benzene rings is 2. The molecule has 10 heteroatoms. The van der Waals surface area contributed by atoms with Crippen LogP contribution in [0.25, 0.3) is 22.6 Å². The predicted molar refractivity (Wildman–Crippen MR) is 163 cm³/mol. The molecule has 42 heavy (non-hydrogen) atoms. The minimum absolute atomic E-state index is 0.00887. The summed E-state index contributed by atoms with van der Waals surface area (Å²) in [7, 11) is 2.06. The minimum Gasteiger partial charge on any atom is -0.505 e. The molecule has 0 radical (unpaired) electrons. The van der Waals surface area contributed by atoms with Crippen LogP contribution in [0.15, 0.2) is 41.9 Å². The SMILES string of the molecule is C/C(=C(F)\C(O)=C/c1ccccc1C)c1c(Cl)cc2c(N3CC4CCC(C3)N4)nc(OC[C@@H]3CCCN3C)nc2c1F. The molecule has 0 aliphatic carbocycles. The number of likely N-dealkylation sites (tertiary alicyclic amines) is 1. The molecule has 0 amide bonds. The molecule has 6 rings (SSSR count). The monoisotopic (exact) mass is 595 g/mol. The maximum absolute atomic E-state index is 16.4. The molecule has 2 unspecified atom stereocenters. The first-order valence-electron chi connectivity index (χ1n) is 14.6. The summed E-state index contributed by atoms with van der Waals surface area (Å²) >= 11 is 6.66. The molecule has 0 saturated carbocycles. The molecule has 2 N–H and O–H groups in total. The number of hydrogen-bond donors (Lipinski definition) is 2. The number of aryl methyl sites for hydroxylation is 1. The molecule has 222 valence electrons. The Morgan fingerprint density at radius 2 is 1.93 bits per heavy atom. The highest BCUT2D eigenvalue weighted by atomic mass is 35.5. The minimum atomic E-state index is -0.966. The van der Waals surface area contributed by atoms with Gasteiger partial charge in [0.15, 0.2) is 17.4 Å². The van der Waals surface area contributed by atoms with E-state index in [0.29, 0.717) is 35.5 Å². The third kappa shape index (κ3) is 5.57. The van der Waals surface area contributed by atoms with Gasteiger partial charge in [-0.05, 0) is 76.4 Å². The Balaban J connectivity index is 1.43. The average Bonchev–Trinajstić information content (AvgIpc) is 3.55. The van der Waals surface area contributed by atoms with Crippen LogP contribution in [0, 0.1) is 12.7 Å². The van der Waals surface area contributed by atoms with Crippen molar-refractivity contribution in [3.05, 3.63) is 69.4 Å². The van der Waals surface area contributed by atoms with Crippen LogP contribution in [-0.4, -0.2) is 71.4 Å². The van der Waals surface area contributed by atoms with Gasteiger partial charge in [0.25, 0.3) is 0 Å². The van der Waals surface area contributed by atoms with E-state index in [2.05, 4.69) is 27.1 Å². The van der Waals surface area contributed by atoms with Crippen molar-refractivity contribution in [3.63, 3.8) is 0 Å². The number of piperazine rings is 1. The highest BCUT2D eigenvalue weighted by molar-refractivity contribution is 6.33. The Bertz CT molecular complexity index is 1570. The van der Waals surface area contributed by atoms with Crippen LogP contribution in [0.2, 0.25) is 5.02 Å². The van der Waals surface area contributed by atoms with Crippen LogP contribution in [0.3, 0.4) is 0 Å². The Hall–Kier alpha value is -3.27. The molecule has 7 nitrogen and oxygen atoms in total. The summed E-state index contributed by atoms with van der Waals surface area (Å²) in [6.45, 7) is 6.09. The maximum atomic E-state index is 16.4. The third-order valence-electron chi connectivity index (χ3n) is 8.84. The van der Waals surface area contributed by atoms with E-state index in [4.69, 9.17) is 21.3 Å². The van der Waals surface area contributed by atoms with Crippen molar-refractivity contribution in [2.75, 3.05) is 38.2 Å². The molecule has 3 atom stereocenters. The zero-order valence-electron chi connectivity index (χ0n) is 24.1. The van der Waals surface area contributed by atoms with Gasteiger partial charge in [0.1, 0.15) is 17.9 Å². The number of hydrogen-bond acceptors (Lipinski definition) is 7. The molecule has 2 bridgehead atoms. The van der Waals surface area contributed by atoms with Crippen molar-refractivity contribution < 1.29 is 18.6 Å². The topological polar surface area (TPSA) is 73.8 Å². The van der Waals surface area contributed by atoms with E-state index in [0.717, 1.165) is 50.9 Å². The standard InChI is InChI=1S/C32H36ClF2N5O2/c1-18-7-4-5-8-20(18)13-26(41)28(34)19(2)27-25(33)14-24-30(29(27)35)37-32(42-17-23-9-6-12-39(23)3)38-31(24)40-15-21-10-11-22(16-40)36-21/h4-5,7-8,13-14,21-23,36,41H,6,9-12,15-17H2,1-3H3/b26-13+,28-19-/t21?,22?,23-/m0/s1. The summed E-state index contributed by atoms with van der Waals surface area (Å²) in [4.78, 5) is 13.6. The zero-order chi connectivity index (χ0) is 29.5. The van der Waals surface area contributed by atoms with E-state index in [9.17, 15) is 5.11 Å². The molecule has 1 aromatic heterocycles. The molecule has 3 saturated heterocycles. The van der Waals surface area contributed by atoms with E-state index < -0.39 is 17.4 Å². The Kier molecular flexibility index (Phi) is 8.09. The molecule has 2 aromatic carbocycles. The smallest absolute Gasteiger partial charge is 0.319 e. The van der Waals surface area contributed by atoms with Gasteiger partial charge in [0, 0.05) is 47.7 Å². The quantitative estimate of drug-likeness (QED) is 0.240. The fourth-order valence-electron chi connectivity index (χ4n) is 6.40. The summed E-state index contributed by atoms with van der Waals surface area (Å²) in [5, 5.41) is 14.7. The van der Waals surface area contributed by atoms with Crippen LogP contribution >= 0.6 is 11.6 Å². The van der Waals surface area contributed by atoms with E-state index in [1.165, 1.54) is 13.0 Å². The average molecular weight is 596 g/mol. The van der Waals surface area contributed by atoms with Gasteiger partial charge in [-0.3, -0.25) is 0 Å². The van der Waals surface area contributed by atoms with Gasteiger partial charge in [0.05, 0.1) is 5.02 Å². The van der Waals surface area contributed by atoms with Gasteiger partial charge in [-0.15, -0.1) is 0 Å². The lowest BCUT2D eigenvalue weighted by atomic mass is 10.0. The number of anilines is 1. The molecule has 4 heterocycles. The van der Waals surface area contributed by atoms with Gasteiger partial charge in [-0.2, -0.15) is 9.97 Å². The number of aliphatic hydroxyl groups is 1. The Morgan fingerprint density at radius 3 is 2.62 bits per heavy atom. The summed E-state index contributed by atoms with van der Waals surface area (Å²) in [6, 6.07) is 9.85. The van der Waals surface area contributed by atoms with Gasteiger partial charge in [-0.25, -0.2) is 8.78 Å². The number of nitrogens with zero attached hydrogens (tertiary/aromatic N) is 4. The highest BCUT2D eigenvalue weighted by Gasteiger charge is 2.34. The van der Waals surface area contributed by atoms with Gasteiger partial charge in [0.2, 0.25) is 0 Å². The molecule has 3 fully saturated rings. The van der Waals surface area contributed by atoms with Crippen molar-refractivity contribution >= 4 is 40.0 Å². The second-order valence-corrected chi connectivity index (χ2v) is 12.1. The Morgan fingerprint density at radius 1 is 1.19 bits per heavy atom. The van der Waals surface area contributed by atoms with Gasteiger partial charge < -0.3 is 25.0 Å². The second-order valence-electron chi connectivity index (χ2n) is 11.7. The van der Waals surface area contributed by atoms with Crippen molar-refractivity contribution in [3.8, 4) is 6.01 Å². The van der Waals surface area contributed by atoms with E-state index in [1.54, 1.807) is 18.2 Å². The normalized spacial score (nSPS) is 23.5. The van der Waals surface area contributed by atoms with Gasteiger partial charge >= 0.3 is 6.01 Å². The van der Waals surface area contributed by atoms with Crippen LogP contribution in [0.1, 0.15) is 49.3 Å². The fourth-order valence-corrected chi connectivity index (χ4v) is 6.73. The summed E-state index contributed by atoms with van der Waals surface area (Å²) in [5.74, 6) is -1.79. The van der Waals surface area contributed by atoms with Crippen LogP contribution < -0.4 is 15.0 Å². The fraction of sp³-hybridized carbons (Fsp3) is 0.438. The van der Waals surface area contributed by atoms with E-state index >= 15 is 8.78 Å². The largest absolute Gasteiger partial charge is 0.505 e. The molecule has 3 aliphatic heterocycles. The van der Waals surface area contributed by atoms with E-state index in [1.807, 2.05) is 19.1 Å². The molecule has 0 spiro atoms. The van der Waals surface area contributed by atoms with Crippen molar-refractivity contribution in [1.29, 1.82) is 0 Å². The number of allylic oxidation sites excluding steroid dienone is 2. The Labute approximate surface area is 249 Å². The number of ether oxygens (including phenoxy) is 1.